The minimum Gasteiger partial charge on any atom is -0.341 e. The zero-order valence-electron chi connectivity index (χ0n) is 17.9. The fourth-order valence-electron chi connectivity index (χ4n) is 4.13. The largest absolute Gasteiger partial charge is 0.341 e. The van der Waals surface area contributed by atoms with Gasteiger partial charge >= 0.3 is 0 Å². The minimum atomic E-state index is -0.434. The molecule has 3 heterocycles. The van der Waals surface area contributed by atoms with Crippen LogP contribution in [0.15, 0.2) is 29.2 Å². The van der Waals surface area contributed by atoms with Crippen LogP contribution in [0.5, 0.6) is 0 Å². The zero-order chi connectivity index (χ0) is 23.0. The Balaban J connectivity index is 1.58. The molecule has 3 amide bonds. The molecule has 6 nitrogen and oxygen atoms in total. The van der Waals surface area contributed by atoms with Crippen molar-refractivity contribution in [3.63, 3.8) is 0 Å². The molecule has 0 spiro atoms. The van der Waals surface area contributed by atoms with E-state index in [0.717, 1.165) is 58.6 Å². The molecule has 2 aliphatic heterocycles. The number of rotatable bonds is 4. The van der Waals surface area contributed by atoms with Crippen molar-refractivity contribution in [3.05, 3.63) is 56.2 Å². The van der Waals surface area contributed by atoms with Gasteiger partial charge in [-0.2, -0.15) is 0 Å². The summed E-state index contributed by atoms with van der Waals surface area (Å²) in [6.45, 7) is 5.01. The molecule has 0 saturated carbocycles. The van der Waals surface area contributed by atoms with Gasteiger partial charge in [-0.05, 0) is 74.7 Å². The molecular formula is C23H23Cl2N3O3S. The fourth-order valence-corrected chi connectivity index (χ4v) is 5.33. The molecule has 2 aromatic rings. The van der Waals surface area contributed by atoms with Gasteiger partial charge in [-0.15, -0.1) is 0 Å². The molecule has 2 aliphatic rings. The fraction of sp³-hybridized carbons (Fsp3) is 0.348. The maximum Gasteiger partial charge on any atom is 0.294 e. The van der Waals surface area contributed by atoms with Crippen molar-refractivity contribution in [2.24, 2.45) is 0 Å². The van der Waals surface area contributed by atoms with E-state index in [1.54, 1.807) is 17.0 Å². The minimum absolute atomic E-state index is 0.179. The van der Waals surface area contributed by atoms with Gasteiger partial charge in [-0.1, -0.05) is 29.3 Å². The summed E-state index contributed by atoms with van der Waals surface area (Å²) in [5.41, 5.74) is 3.32. The van der Waals surface area contributed by atoms with Crippen molar-refractivity contribution >= 4 is 58.1 Å². The lowest BCUT2D eigenvalue weighted by Crippen LogP contribution is -2.44. The summed E-state index contributed by atoms with van der Waals surface area (Å²) in [6, 6.07) is 7.36. The molecule has 0 radical (unpaired) electrons. The molecular weight excluding hydrogens is 469 g/mol. The Morgan fingerprint density at radius 1 is 1.12 bits per heavy atom. The van der Waals surface area contributed by atoms with Crippen LogP contribution in [0.4, 0.5) is 4.79 Å². The Labute approximate surface area is 201 Å². The zero-order valence-corrected chi connectivity index (χ0v) is 20.2. The molecule has 32 heavy (non-hydrogen) atoms. The quantitative estimate of drug-likeness (QED) is 0.533. The van der Waals surface area contributed by atoms with Gasteiger partial charge in [0.05, 0.1) is 20.6 Å². The van der Waals surface area contributed by atoms with E-state index >= 15 is 0 Å². The second kappa shape index (κ2) is 9.33. The topological polar surface area (TPSA) is 62.6 Å². The number of nitrogens with zero attached hydrogens (tertiary/aromatic N) is 3. The Bertz CT molecular complexity index is 1140. The summed E-state index contributed by atoms with van der Waals surface area (Å²) in [5.74, 6) is -0.613. The number of carbonyl (C=O) groups excluding carboxylic acids is 3. The number of aryl methyl sites for hydroxylation is 1. The number of benzene rings is 1. The number of piperidine rings is 1. The van der Waals surface area contributed by atoms with Crippen LogP contribution in [0.2, 0.25) is 10.0 Å². The number of hydrogen-bond donors (Lipinski definition) is 0. The maximum absolute atomic E-state index is 12.9. The number of likely N-dealkylation sites (tertiary alicyclic amines) is 1. The van der Waals surface area contributed by atoms with Crippen LogP contribution in [0.1, 0.15) is 36.2 Å². The monoisotopic (exact) mass is 491 g/mol. The van der Waals surface area contributed by atoms with Crippen molar-refractivity contribution in [1.82, 2.24) is 14.4 Å². The highest BCUT2D eigenvalue weighted by Gasteiger charge is 2.37. The van der Waals surface area contributed by atoms with Gasteiger partial charge in [0.1, 0.15) is 6.54 Å². The Morgan fingerprint density at radius 2 is 1.84 bits per heavy atom. The van der Waals surface area contributed by atoms with Gasteiger partial charge in [0.15, 0.2) is 0 Å². The molecule has 0 bridgehead atoms. The number of carbonyl (C=O) groups is 3. The highest BCUT2D eigenvalue weighted by atomic mass is 35.5. The lowest BCUT2D eigenvalue weighted by molar-refractivity contribution is -0.136. The Kier molecular flexibility index (Phi) is 6.70. The molecule has 1 aromatic heterocycles. The highest BCUT2D eigenvalue weighted by molar-refractivity contribution is 8.18. The summed E-state index contributed by atoms with van der Waals surface area (Å²) in [4.78, 5) is 41.0. The van der Waals surface area contributed by atoms with E-state index in [9.17, 15) is 14.4 Å². The number of imide groups is 1. The van der Waals surface area contributed by atoms with E-state index in [2.05, 4.69) is 0 Å². The standard InChI is InChI=1S/C23H23Cl2N3O3S/c1-14-11-16(15(2)28(14)18-8-6-7-17(24)21(18)25)12-19-22(30)27(23(31)32-19)13-20(29)26-9-4-3-5-10-26/h6-8,11-12H,3-5,9-10,13H2,1-2H3/b19-12-. The third kappa shape index (κ3) is 4.34. The molecule has 168 valence electrons. The first kappa shape index (κ1) is 23.0. The van der Waals surface area contributed by atoms with Crippen LogP contribution in [-0.2, 0) is 9.59 Å². The van der Waals surface area contributed by atoms with Crippen LogP contribution in [0, 0.1) is 13.8 Å². The Morgan fingerprint density at radius 3 is 2.56 bits per heavy atom. The Hall–Kier alpha value is -2.22. The van der Waals surface area contributed by atoms with Crippen molar-refractivity contribution < 1.29 is 14.4 Å². The third-order valence-electron chi connectivity index (χ3n) is 5.80. The van der Waals surface area contributed by atoms with Gasteiger partial charge in [0.25, 0.3) is 11.1 Å². The predicted octanol–water partition coefficient (Wildman–Crippen LogP) is 5.45. The molecule has 0 unspecified atom stereocenters. The van der Waals surface area contributed by atoms with Crippen molar-refractivity contribution in [2.45, 2.75) is 33.1 Å². The van der Waals surface area contributed by atoms with E-state index in [0.29, 0.717) is 28.0 Å². The number of halogens is 2. The van der Waals surface area contributed by atoms with E-state index in [-0.39, 0.29) is 12.5 Å². The smallest absolute Gasteiger partial charge is 0.294 e. The maximum atomic E-state index is 12.9. The van der Waals surface area contributed by atoms with E-state index in [4.69, 9.17) is 23.2 Å². The van der Waals surface area contributed by atoms with Crippen LogP contribution in [0.3, 0.4) is 0 Å². The molecule has 2 saturated heterocycles. The first-order valence-corrected chi connectivity index (χ1v) is 12.0. The normalized spacial score (nSPS) is 18.2. The van der Waals surface area contributed by atoms with Crippen molar-refractivity contribution in [3.8, 4) is 5.69 Å². The second-order valence-electron chi connectivity index (χ2n) is 7.94. The summed E-state index contributed by atoms with van der Waals surface area (Å²) >= 11 is 13.5. The van der Waals surface area contributed by atoms with Crippen LogP contribution >= 0.6 is 35.0 Å². The SMILES string of the molecule is Cc1cc(/C=C2\SC(=O)N(CC(=O)N3CCCCC3)C2=O)c(C)n1-c1cccc(Cl)c1Cl. The lowest BCUT2D eigenvalue weighted by atomic mass is 10.1. The first-order chi connectivity index (χ1) is 15.3. The van der Waals surface area contributed by atoms with E-state index in [1.807, 2.05) is 36.6 Å². The van der Waals surface area contributed by atoms with E-state index < -0.39 is 11.1 Å². The van der Waals surface area contributed by atoms with Crippen LogP contribution in [-0.4, -0.2) is 51.1 Å². The predicted molar refractivity (Wildman–Crippen MR) is 128 cm³/mol. The third-order valence-corrected chi connectivity index (χ3v) is 7.52. The van der Waals surface area contributed by atoms with Crippen LogP contribution in [0.25, 0.3) is 11.8 Å². The van der Waals surface area contributed by atoms with E-state index in [1.165, 1.54) is 0 Å². The number of aromatic nitrogens is 1. The van der Waals surface area contributed by atoms with Gasteiger partial charge < -0.3 is 9.47 Å². The van der Waals surface area contributed by atoms with Gasteiger partial charge in [0, 0.05) is 24.5 Å². The van der Waals surface area contributed by atoms with Crippen molar-refractivity contribution in [2.75, 3.05) is 19.6 Å². The van der Waals surface area contributed by atoms with Gasteiger partial charge in [-0.3, -0.25) is 19.3 Å². The summed E-state index contributed by atoms with van der Waals surface area (Å²) in [6.07, 6.45) is 4.72. The lowest BCUT2D eigenvalue weighted by Gasteiger charge is -2.27. The molecule has 4 rings (SSSR count). The van der Waals surface area contributed by atoms with Crippen molar-refractivity contribution in [1.29, 1.82) is 0 Å². The summed E-state index contributed by atoms with van der Waals surface area (Å²) in [5, 5.41) is 0.482. The summed E-state index contributed by atoms with van der Waals surface area (Å²) in [7, 11) is 0. The summed E-state index contributed by atoms with van der Waals surface area (Å²) < 4.78 is 1.96. The average molecular weight is 492 g/mol. The molecule has 0 aliphatic carbocycles. The number of hydrogen-bond acceptors (Lipinski definition) is 4. The molecule has 9 heteroatoms. The average Bonchev–Trinajstić information content (AvgIpc) is 3.20. The molecule has 0 N–H and O–H groups in total. The molecule has 1 aromatic carbocycles. The van der Waals surface area contributed by atoms with Crippen LogP contribution < -0.4 is 0 Å². The molecule has 2 fully saturated rings. The molecule has 0 atom stereocenters. The number of thioether (sulfide) groups is 1. The second-order valence-corrected chi connectivity index (χ2v) is 9.72. The van der Waals surface area contributed by atoms with Gasteiger partial charge in [-0.25, -0.2) is 0 Å². The highest BCUT2D eigenvalue weighted by Crippen LogP contribution is 2.35. The number of amides is 3. The van der Waals surface area contributed by atoms with Gasteiger partial charge in [0.2, 0.25) is 5.91 Å². The first-order valence-electron chi connectivity index (χ1n) is 10.4.